The van der Waals surface area contributed by atoms with Gasteiger partial charge in [0.05, 0.1) is 5.69 Å². The maximum Gasteiger partial charge on any atom is 0.301 e. The minimum absolute atomic E-state index is 0.214. The molecule has 0 bridgehead atoms. The summed E-state index contributed by atoms with van der Waals surface area (Å²) >= 11 is 0. The fourth-order valence-electron chi connectivity index (χ4n) is 2.01. The van der Waals surface area contributed by atoms with Crippen LogP contribution in [-0.2, 0) is 6.42 Å². The monoisotopic (exact) mass is 243 g/mol. The molecule has 0 unspecified atom stereocenters. The zero-order chi connectivity index (χ0) is 12.5. The lowest BCUT2D eigenvalue weighted by atomic mass is 10.1. The largest absolute Gasteiger partial charge is 0.432 e. The molecule has 0 saturated heterocycles. The number of nitrogens with zero attached hydrogens (tertiary/aromatic N) is 1. The number of aryl methyl sites for hydroxylation is 1. The van der Waals surface area contributed by atoms with E-state index in [0.29, 0.717) is 5.56 Å². The number of fused-ring (bicyclic) bond motifs is 1. The van der Waals surface area contributed by atoms with Crippen LogP contribution in [0, 0.1) is 6.92 Å². The number of oxazole rings is 1. The normalized spacial score (nSPS) is 12.9. The smallest absolute Gasteiger partial charge is 0.301 e. The molecule has 92 valence electrons. The molecule has 5 nitrogen and oxygen atoms in total. The van der Waals surface area contributed by atoms with E-state index in [1.807, 2.05) is 18.2 Å². The number of carbonyl (C=O) groups is 1. The zero-order valence-electron chi connectivity index (χ0n) is 9.99. The third-order valence-electron chi connectivity index (χ3n) is 2.92. The number of carbonyl (C=O) groups excluding carboxylic acids is 1. The molecule has 1 aliphatic rings. The van der Waals surface area contributed by atoms with Crippen molar-refractivity contribution in [2.24, 2.45) is 0 Å². The van der Waals surface area contributed by atoms with E-state index >= 15 is 0 Å². The second-order valence-electron chi connectivity index (χ2n) is 4.30. The predicted octanol–water partition coefficient (Wildman–Crippen LogP) is 2.20. The number of hydrogen-bond acceptors (Lipinski definition) is 4. The van der Waals surface area contributed by atoms with Crippen molar-refractivity contribution >= 4 is 17.6 Å². The molecule has 1 aromatic heterocycles. The van der Waals surface area contributed by atoms with Gasteiger partial charge in [-0.2, -0.15) is 4.98 Å². The number of nitrogens with one attached hydrogen (secondary N) is 2. The molecule has 1 aromatic carbocycles. The highest BCUT2D eigenvalue weighted by atomic mass is 16.4. The van der Waals surface area contributed by atoms with Gasteiger partial charge in [0.1, 0.15) is 6.26 Å². The summed E-state index contributed by atoms with van der Waals surface area (Å²) in [4.78, 5) is 16.0. The van der Waals surface area contributed by atoms with E-state index in [-0.39, 0.29) is 11.9 Å². The van der Waals surface area contributed by atoms with Crippen molar-refractivity contribution in [3.8, 4) is 0 Å². The van der Waals surface area contributed by atoms with Crippen LogP contribution >= 0.6 is 0 Å². The molecule has 2 N–H and O–H groups in total. The Bertz CT molecular complexity index is 604. The van der Waals surface area contributed by atoms with Crippen molar-refractivity contribution in [2.45, 2.75) is 13.3 Å². The number of aromatic nitrogens is 1. The summed E-state index contributed by atoms with van der Waals surface area (Å²) in [5, 5.41) is 5.87. The van der Waals surface area contributed by atoms with Crippen LogP contribution in [0.1, 0.15) is 21.6 Å². The molecule has 0 aliphatic carbocycles. The summed E-state index contributed by atoms with van der Waals surface area (Å²) in [6.45, 7) is 2.73. The van der Waals surface area contributed by atoms with Crippen LogP contribution in [0.25, 0.3) is 0 Å². The van der Waals surface area contributed by atoms with E-state index in [0.717, 1.165) is 24.3 Å². The molecule has 1 aliphatic heterocycles. The third kappa shape index (κ3) is 1.95. The van der Waals surface area contributed by atoms with Crippen molar-refractivity contribution < 1.29 is 9.21 Å². The van der Waals surface area contributed by atoms with E-state index < -0.39 is 0 Å². The van der Waals surface area contributed by atoms with Crippen LogP contribution in [0.4, 0.5) is 11.7 Å². The predicted molar refractivity (Wildman–Crippen MR) is 67.8 cm³/mol. The molecular weight excluding hydrogens is 230 g/mol. The summed E-state index contributed by atoms with van der Waals surface area (Å²) < 4.78 is 5.09. The highest BCUT2D eigenvalue weighted by Crippen LogP contribution is 2.23. The van der Waals surface area contributed by atoms with Crippen molar-refractivity contribution in [3.63, 3.8) is 0 Å². The van der Waals surface area contributed by atoms with Crippen LogP contribution in [0.3, 0.4) is 0 Å². The fourth-order valence-corrected chi connectivity index (χ4v) is 2.01. The Morgan fingerprint density at radius 1 is 1.50 bits per heavy atom. The Morgan fingerprint density at radius 3 is 3.17 bits per heavy atom. The second-order valence-corrected chi connectivity index (χ2v) is 4.30. The Kier molecular flexibility index (Phi) is 2.51. The molecule has 2 heterocycles. The number of amides is 1. The Morgan fingerprint density at radius 2 is 2.39 bits per heavy atom. The van der Waals surface area contributed by atoms with Gasteiger partial charge in [0.25, 0.3) is 5.91 Å². The van der Waals surface area contributed by atoms with Gasteiger partial charge < -0.3 is 9.73 Å². The van der Waals surface area contributed by atoms with E-state index in [9.17, 15) is 4.79 Å². The summed E-state index contributed by atoms with van der Waals surface area (Å²) in [6.07, 6.45) is 2.51. The topological polar surface area (TPSA) is 67.2 Å². The van der Waals surface area contributed by atoms with Gasteiger partial charge in [0.15, 0.2) is 0 Å². The zero-order valence-corrected chi connectivity index (χ0v) is 9.99. The first kappa shape index (κ1) is 10.8. The average molecular weight is 243 g/mol. The molecule has 0 atom stereocenters. The van der Waals surface area contributed by atoms with Gasteiger partial charge in [0.2, 0.25) is 0 Å². The van der Waals surface area contributed by atoms with Gasteiger partial charge in [-0.25, -0.2) is 0 Å². The summed E-state index contributed by atoms with van der Waals surface area (Å²) in [5.41, 5.74) is 3.62. The van der Waals surface area contributed by atoms with Crippen LogP contribution in [0.2, 0.25) is 0 Å². The first-order valence-corrected chi connectivity index (χ1v) is 5.82. The van der Waals surface area contributed by atoms with Crippen molar-refractivity contribution in [1.82, 2.24) is 4.98 Å². The summed E-state index contributed by atoms with van der Waals surface area (Å²) in [7, 11) is 0. The van der Waals surface area contributed by atoms with Crippen LogP contribution in [0.15, 0.2) is 28.9 Å². The second kappa shape index (κ2) is 4.18. The van der Waals surface area contributed by atoms with E-state index in [1.165, 1.54) is 11.8 Å². The van der Waals surface area contributed by atoms with Gasteiger partial charge >= 0.3 is 6.01 Å². The molecule has 1 amide bonds. The molecule has 0 fully saturated rings. The lowest BCUT2D eigenvalue weighted by Crippen LogP contribution is -2.12. The Balaban J connectivity index is 1.80. The van der Waals surface area contributed by atoms with Gasteiger partial charge in [-0.1, -0.05) is 6.07 Å². The lowest BCUT2D eigenvalue weighted by molar-refractivity contribution is 0.102. The average Bonchev–Trinajstić information content (AvgIpc) is 2.96. The van der Waals surface area contributed by atoms with Gasteiger partial charge in [-0.05, 0) is 31.0 Å². The molecule has 0 radical (unpaired) electrons. The molecular formula is C13H13N3O2. The quantitative estimate of drug-likeness (QED) is 0.848. The standard InChI is InChI=1S/C13H13N3O2/c1-8-7-18-13(15-8)16-12(17)10-3-2-9-4-5-14-11(9)6-10/h2-3,6-7,14H,4-5H2,1H3,(H,15,16,17). The third-order valence-corrected chi connectivity index (χ3v) is 2.92. The maximum atomic E-state index is 12.0. The molecule has 0 spiro atoms. The minimum atomic E-state index is -0.214. The Hall–Kier alpha value is -2.30. The molecule has 0 saturated carbocycles. The maximum absolute atomic E-state index is 12.0. The van der Waals surface area contributed by atoms with Gasteiger partial charge in [-0.15, -0.1) is 0 Å². The summed E-state index contributed by atoms with van der Waals surface area (Å²) in [5.74, 6) is -0.214. The highest BCUT2D eigenvalue weighted by molar-refractivity contribution is 6.03. The molecule has 18 heavy (non-hydrogen) atoms. The number of anilines is 2. The molecule has 5 heteroatoms. The molecule has 2 aromatic rings. The van der Waals surface area contributed by atoms with Crippen molar-refractivity contribution in [1.29, 1.82) is 0 Å². The van der Waals surface area contributed by atoms with Crippen LogP contribution in [-0.4, -0.2) is 17.4 Å². The van der Waals surface area contributed by atoms with Crippen LogP contribution in [0.5, 0.6) is 0 Å². The van der Waals surface area contributed by atoms with E-state index in [1.54, 1.807) is 6.92 Å². The summed E-state index contributed by atoms with van der Waals surface area (Å²) in [6, 6.07) is 5.88. The van der Waals surface area contributed by atoms with Crippen molar-refractivity contribution in [3.05, 3.63) is 41.3 Å². The van der Waals surface area contributed by atoms with Gasteiger partial charge in [0, 0.05) is 17.8 Å². The van der Waals surface area contributed by atoms with E-state index in [2.05, 4.69) is 15.6 Å². The minimum Gasteiger partial charge on any atom is -0.432 e. The first-order chi connectivity index (χ1) is 8.72. The van der Waals surface area contributed by atoms with E-state index in [4.69, 9.17) is 4.42 Å². The van der Waals surface area contributed by atoms with Crippen LogP contribution < -0.4 is 10.6 Å². The number of benzene rings is 1. The highest BCUT2D eigenvalue weighted by Gasteiger charge is 2.14. The number of hydrogen-bond donors (Lipinski definition) is 2. The number of rotatable bonds is 2. The Labute approximate surface area is 104 Å². The van der Waals surface area contributed by atoms with Crippen molar-refractivity contribution in [2.75, 3.05) is 17.2 Å². The first-order valence-electron chi connectivity index (χ1n) is 5.82. The fraction of sp³-hybridized carbons (Fsp3) is 0.231. The SMILES string of the molecule is Cc1coc(NC(=O)c2ccc3c(c2)NCC3)n1. The van der Waals surface area contributed by atoms with Gasteiger partial charge in [-0.3, -0.25) is 10.1 Å². The molecule has 3 rings (SSSR count). The lowest BCUT2D eigenvalue weighted by Gasteiger charge is -2.04.